The van der Waals surface area contributed by atoms with Crippen molar-refractivity contribution in [1.29, 1.82) is 0 Å². The average Bonchev–Trinajstić information content (AvgIpc) is 2.63. The van der Waals surface area contributed by atoms with E-state index in [1.807, 2.05) is 30.3 Å². The average molecular weight is 340 g/mol. The van der Waals surface area contributed by atoms with E-state index in [1.54, 1.807) is 12.1 Å². The predicted octanol–water partition coefficient (Wildman–Crippen LogP) is 1.13. The molecular weight excluding hydrogens is 320 g/mol. The Bertz CT molecular complexity index is 741. The second-order valence-electron chi connectivity index (χ2n) is 5.95. The van der Waals surface area contributed by atoms with Gasteiger partial charge >= 0.3 is 5.97 Å². The zero-order chi connectivity index (χ0) is 17.8. The Hall–Kier alpha value is -2.93. The fraction of sp³-hybridized carbons (Fsp3) is 0.278. The van der Waals surface area contributed by atoms with Gasteiger partial charge in [-0.2, -0.15) is 0 Å². The van der Waals surface area contributed by atoms with Crippen molar-refractivity contribution >= 4 is 17.7 Å². The van der Waals surface area contributed by atoms with Gasteiger partial charge in [-0.25, -0.2) is 9.78 Å². The number of piperazine rings is 1. The van der Waals surface area contributed by atoms with Gasteiger partial charge in [-0.1, -0.05) is 30.3 Å². The lowest BCUT2D eigenvalue weighted by atomic mass is 10.0. The number of carbonyl (C=O) groups excluding carboxylic acids is 1. The molecule has 1 saturated heterocycles. The van der Waals surface area contributed by atoms with Gasteiger partial charge in [0, 0.05) is 32.4 Å². The molecule has 1 atom stereocenters. The molecule has 1 aliphatic heterocycles. The number of primary amides is 1. The first kappa shape index (κ1) is 16.9. The number of carboxylic acid groups (broad SMARTS) is 1. The van der Waals surface area contributed by atoms with Crippen molar-refractivity contribution in [3.63, 3.8) is 0 Å². The molecule has 1 fully saturated rings. The number of carbonyl (C=O) groups is 2. The molecule has 1 unspecified atom stereocenters. The molecule has 3 N–H and O–H groups in total. The molecule has 0 aliphatic carbocycles. The number of carboxylic acids is 1. The van der Waals surface area contributed by atoms with Crippen molar-refractivity contribution in [2.75, 3.05) is 31.1 Å². The standard InChI is InChI=1S/C18H20N4O3/c19-17(23)16(13-4-2-1-3-5-13)22-10-8-21(9-11-22)15-7-6-14(12-20-15)18(24)25/h1-7,12,16H,8-11H2,(H2,19,23)(H,24,25). The molecule has 2 heterocycles. The molecule has 1 aliphatic rings. The van der Waals surface area contributed by atoms with E-state index in [-0.39, 0.29) is 11.5 Å². The second kappa shape index (κ2) is 7.31. The van der Waals surface area contributed by atoms with Gasteiger partial charge in [0.1, 0.15) is 11.9 Å². The summed E-state index contributed by atoms with van der Waals surface area (Å²) < 4.78 is 0. The van der Waals surface area contributed by atoms with E-state index in [0.29, 0.717) is 26.2 Å². The first-order valence-corrected chi connectivity index (χ1v) is 8.09. The molecule has 1 aromatic heterocycles. The zero-order valence-corrected chi connectivity index (χ0v) is 13.7. The summed E-state index contributed by atoms with van der Waals surface area (Å²) in [6.45, 7) is 2.72. The molecule has 7 nitrogen and oxygen atoms in total. The number of rotatable bonds is 5. The summed E-state index contributed by atoms with van der Waals surface area (Å²) in [6, 6.07) is 12.3. The Balaban J connectivity index is 1.68. The smallest absolute Gasteiger partial charge is 0.337 e. The van der Waals surface area contributed by atoms with Gasteiger partial charge in [0.15, 0.2) is 0 Å². The Morgan fingerprint density at radius 2 is 1.72 bits per heavy atom. The molecule has 25 heavy (non-hydrogen) atoms. The lowest BCUT2D eigenvalue weighted by molar-refractivity contribution is -0.123. The van der Waals surface area contributed by atoms with Gasteiger partial charge in [0.25, 0.3) is 0 Å². The van der Waals surface area contributed by atoms with E-state index in [0.717, 1.165) is 11.4 Å². The Labute approximate surface area is 145 Å². The lowest BCUT2D eigenvalue weighted by Crippen LogP contribution is -2.50. The quantitative estimate of drug-likeness (QED) is 0.846. The molecule has 0 radical (unpaired) electrons. The SMILES string of the molecule is NC(=O)C(c1ccccc1)N1CCN(c2ccc(C(=O)O)cn2)CC1. The van der Waals surface area contributed by atoms with Crippen LogP contribution in [0.25, 0.3) is 0 Å². The van der Waals surface area contributed by atoms with Crippen LogP contribution >= 0.6 is 0 Å². The lowest BCUT2D eigenvalue weighted by Gasteiger charge is -2.38. The summed E-state index contributed by atoms with van der Waals surface area (Å²) >= 11 is 0. The van der Waals surface area contributed by atoms with Crippen LogP contribution in [0.4, 0.5) is 5.82 Å². The number of aromatic carboxylic acids is 1. The van der Waals surface area contributed by atoms with Gasteiger partial charge < -0.3 is 15.7 Å². The Kier molecular flexibility index (Phi) is 4.95. The fourth-order valence-electron chi connectivity index (χ4n) is 3.10. The van der Waals surface area contributed by atoms with Crippen molar-refractivity contribution in [2.45, 2.75) is 6.04 Å². The van der Waals surface area contributed by atoms with Gasteiger partial charge in [-0.15, -0.1) is 0 Å². The van der Waals surface area contributed by atoms with E-state index in [9.17, 15) is 9.59 Å². The van der Waals surface area contributed by atoms with E-state index < -0.39 is 12.0 Å². The van der Waals surface area contributed by atoms with Crippen LogP contribution in [-0.2, 0) is 4.79 Å². The maximum absolute atomic E-state index is 12.0. The largest absolute Gasteiger partial charge is 0.478 e. The summed E-state index contributed by atoms with van der Waals surface area (Å²) in [5.74, 6) is -0.611. The fourth-order valence-corrected chi connectivity index (χ4v) is 3.10. The predicted molar refractivity (Wildman–Crippen MR) is 93.4 cm³/mol. The first-order valence-electron chi connectivity index (χ1n) is 8.09. The zero-order valence-electron chi connectivity index (χ0n) is 13.7. The van der Waals surface area contributed by atoms with E-state index in [2.05, 4.69) is 14.8 Å². The summed E-state index contributed by atoms with van der Waals surface area (Å²) in [7, 11) is 0. The highest BCUT2D eigenvalue weighted by Crippen LogP contribution is 2.23. The Morgan fingerprint density at radius 3 is 2.24 bits per heavy atom. The normalized spacial score (nSPS) is 16.4. The molecule has 0 spiro atoms. The van der Waals surface area contributed by atoms with Crippen molar-refractivity contribution in [3.05, 3.63) is 59.8 Å². The summed E-state index contributed by atoms with van der Waals surface area (Å²) in [4.78, 5) is 31.2. The van der Waals surface area contributed by atoms with E-state index >= 15 is 0 Å². The number of anilines is 1. The van der Waals surface area contributed by atoms with Crippen molar-refractivity contribution in [2.24, 2.45) is 5.73 Å². The highest BCUT2D eigenvalue weighted by Gasteiger charge is 2.29. The van der Waals surface area contributed by atoms with Crippen molar-refractivity contribution in [3.8, 4) is 0 Å². The molecule has 2 aromatic rings. The van der Waals surface area contributed by atoms with Crippen LogP contribution < -0.4 is 10.6 Å². The minimum absolute atomic E-state index is 0.167. The van der Waals surface area contributed by atoms with Crippen LogP contribution in [0.1, 0.15) is 22.0 Å². The van der Waals surface area contributed by atoms with Gasteiger partial charge in [0.2, 0.25) is 5.91 Å². The van der Waals surface area contributed by atoms with Gasteiger partial charge in [-0.05, 0) is 17.7 Å². The number of aromatic nitrogens is 1. The van der Waals surface area contributed by atoms with Crippen LogP contribution in [0.15, 0.2) is 48.7 Å². The number of hydrogen-bond donors (Lipinski definition) is 2. The number of hydrogen-bond acceptors (Lipinski definition) is 5. The van der Waals surface area contributed by atoms with Crippen molar-refractivity contribution < 1.29 is 14.7 Å². The monoisotopic (exact) mass is 340 g/mol. The highest BCUT2D eigenvalue weighted by atomic mass is 16.4. The third-order valence-electron chi connectivity index (χ3n) is 4.38. The molecule has 0 bridgehead atoms. The number of amides is 1. The maximum atomic E-state index is 12.0. The third kappa shape index (κ3) is 3.77. The van der Waals surface area contributed by atoms with Crippen LogP contribution in [0.3, 0.4) is 0 Å². The number of pyridine rings is 1. The molecule has 7 heteroatoms. The van der Waals surface area contributed by atoms with Gasteiger partial charge in [0.05, 0.1) is 5.56 Å². The minimum Gasteiger partial charge on any atom is -0.478 e. The van der Waals surface area contributed by atoms with Crippen molar-refractivity contribution in [1.82, 2.24) is 9.88 Å². The molecule has 0 saturated carbocycles. The molecule has 3 rings (SSSR count). The number of nitrogens with zero attached hydrogens (tertiary/aromatic N) is 3. The molecule has 130 valence electrons. The highest BCUT2D eigenvalue weighted by molar-refractivity contribution is 5.87. The molecule has 1 amide bonds. The number of nitrogens with two attached hydrogens (primary N) is 1. The number of benzene rings is 1. The summed E-state index contributed by atoms with van der Waals surface area (Å²) in [5, 5.41) is 8.94. The van der Waals surface area contributed by atoms with E-state index in [4.69, 9.17) is 10.8 Å². The van der Waals surface area contributed by atoms with Crippen LogP contribution in [-0.4, -0.2) is 53.0 Å². The minimum atomic E-state index is -0.990. The summed E-state index contributed by atoms with van der Waals surface area (Å²) in [6.07, 6.45) is 1.36. The molecular formula is C18H20N4O3. The van der Waals surface area contributed by atoms with Gasteiger partial charge in [-0.3, -0.25) is 9.69 Å². The summed E-state index contributed by atoms with van der Waals surface area (Å²) in [5.41, 5.74) is 6.69. The Morgan fingerprint density at radius 1 is 1.04 bits per heavy atom. The third-order valence-corrected chi connectivity index (χ3v) is 4.38. The molecule has 1 aromatic carbocycles. The van der Waals surface area contributed by atoms with Crippen LogP contribution in [0, 0.1) is 0 Å². The van der Waals surface area contributed by atoms with Crippen LogP contribution in [0.2, 0.25) is 0 Å². The topological polar surface area (TPSA) is 99.8 Å². The maximum Gasteiger partial charge on any atom is 0.337 e. The van der Waals surface area contributed by atoms with Crippen LogP contribution in [0.5, 0.6) is 0 Å². The second-order valence-corrected chi connectivity index (χ2v) is 5.95. The van der Waals surface area contributed by atoms with E-state index in [1.165, 1.54) is 6.20 Å². The first-order chi connectivity index (χ1) is 12.1.